The van der Waals surface area contributed by atoms with E-state index in [1.54, 1.807) is 19.2 Å². The third-order valence-electron chi connectivity index (χ3n) is 1.59. The van der Waals surface area contributed by atoms with Crippen LogP contribution in [0.25, 0.3) is 0 Å². The molecule has 1 aromatic heterocycles. The summed E-state index contributed by atoms with van der Waals surface area (Å²) in [6.07, 6.45) is 2.20. The van der Waals surface area contributed by atoms with Gasteiger partial charge in [0.1, 0.15) is 0 Å². The average molecular weight is 166 g/mol. The lowest BCUT2D eigenvalue weighted by Gasteiger charge is -1.98. The molecule has 0 fully saturated rings. The molecule has 0 saturated carbocycles. The molecule has 0 aliphatic heterocycles. The highest BCUT2D eigenvalue weighted by Crippen LogP contribution is 2.05. The minimum Gasteiger partial charge on any atom is -0.294 e. The Morgan fingerprint density at radius 2 is 2.33 bits per heavy atom. The van der Waals surface area contributed by atoms with Crippen molar-refractivity contribution in [3.63, 3.8) is 0 Å². The van der Waals surface area contributed by atoms with E-state index in [4.69, 9.17) is 0 Å². The molecule has 1 heterocycles. The summed E-state index contributed by atoms with van der Waals surface area (Å²) in [7, 11) is 1.63. The summed E-state index contributed by atoms with van der Waals surface area (Å²) < 4.78 is 13.0. The van der Waals surface area contributed by atoms with E-state index in [0.29, 0.717) is 17.7 Å². The lowest BCUT2D eigenvalue weighted by Crippen LogP contribution is -1.96. The Bertz CT molecular complexity index is 295. The molecular formula is C9H11FN2. The van der Waals surface area contributed by atoms with Crippen molar-refractivity contribution >= 4 is 6.21 Å². The quantitative estimate of drug-likeness (QED) is 0.486. The summed E-state index contributed by atoms with van der Waals surface area (Å²) in [5.74, 6) is -0.394. The molecule has 0 saturated heterocycles. The normalized spacial score (nSPS) is 10.9. The predicted octanol–water partition coefficient (Wildman–Crippen LogP) is 1.83. The maximum absolute atomic E-state index is 13.0. The van der Waals surface area contributed by atoms with Gasteiger partial charge in [0.25, 0.3) is 0 Å². The van der Waals surface area contributed by atoms with Gasteiger partial charge in [-0.15, -0.1) is 0 Å². The minimum absolute atomic E-state index is 0.394. The molecule has 0 aliphatic rings. The first-order valence-corrected chi connectivity index (χ1v) is 3.85. The van der Waals surface area contributed by atoms with Gasteiger partial charge in [-0.1, -0.05) is 13.0 Å². The molecule has 0 aliphatic carbocycles. The zero-order valence-electron chi connectivity index (χ0n) is 7.21. The highest BCUT2D eigenvalue weighted by atomic mass is 19.1. The van der Waals surface area contributed by atoms with Gasteiger partial charge in [0, 0.05) is 18.8 Å². The van der Waals surface area contributed by atoms with E-state index in [9.17, 15) is 4.39 Å². The highest BCUT2D eigenvalue weighted by molar-refractivity contribution is 5.76. The SMILES string of the molecule is CCc1ccc(C=NC)nc1F. The lowest BCUT2D eigenvalue weighted by molar-refractivity contribution is 0.568. The molecule has 3 heteroatoms. The van der Waals surface area contributed by atoms with E-state index in [2.05, 4.69) is 9.98 Å². The van der Waals surface area contributed by atoms with Crippen LogP contribution in [0, 0.1) is 5.95 Å². The lowest BCUT2D eigenvalue weighted by atomic mass is 10.2. The zero-order valence-corrected chi connectivity index (χ0v) is 7.21. The summed E-state index contributed by atoms with van der Waals surface area (Å²) in [5, 5.41) is 0. The van der Waals surface area contributed by atoms with Gasteiger partial charge in [-0.05, 0) is 12.5 Å². The fourth-order valence-electron chi connectivity index (χ4n) is 0.945. The van der Waals surface area contributed by atoms with Crippen molar-refractivity contribution in [2.75, 3.05) is 7.05 Å². The zero-order chi connectivity index (χ0) is 8.97. The van der Waals surface area contributed by atoms with Crippen LogP contribution in [0.15, 0.2) is 17.1 Å². The minimum atomic E-state index is -0.394. The second kappa shape index (κ2) is 3.95. The molecule has 0 aromatic carbocycles. The summed E-state index contributed by atoms with van der Waals surface area (Å²) in [6.45, 7) is 1.90. The number of aryl methyl sites for hydroxylation is 1. The van der Waals surface area contributed by atoms with Gasteiger partial charge in [0.2, 0.25) is 5.95 Å². The largest absolute Gasteiger partial charge is 0.294 e. The van der Waals surface area contributed by atoms with E-state index in [1.165, 1.54) is 6.21 Å². The fourth-order valence-corrected chi connectivity index (χ4v) is 0.945. The predicted molar refractivity (Wildman–Crippen MR) is 47.1 cm³/mol. The summed E-state index contributed by atoms with van der Waals surface area (Å²) in [4.78, 5) is 7.47. The van der Waals surface area contributed by atoms with Crippen molar-refractivity contribution in [3.05, 3.63) is 29.3 Å². The van der Waals surface area contributed by atoms with Crippen LogP contribution >= 0.6 is 0 Å². The first-order valence-electron chi connectivity index (χ1n) is 3.85. The number of pyridine rings is 1. The summed E-state index contributed by atoms with van der Waals surface area (Å²) >= 11 is 0. The van der Waals surface area contributed by atoms with Crippen molar-refractivity contribution in [2.45, 2.75) is 13.3 Å². The fraction of sp³-hybridized carbons (Fsp3) is 0.333. The Hall–Kier alpha value is -1.25. The molecule has 0 spiro atoms. The van der Waals surface area contributed by atoms with Gasteiger partial charge in [-0.3, -0.25) is 4.99 Å². The van der Waals surface area contributed by atoms with Crippen LogP contribution in [-0.4, -0.2) is 18.2 Å². The van der Waals surface area contributed by atoms with E-state index >= 15 is 0 Å². The van der Waals surface area contributed by atoms with Crippen LogP contribution in [0.4, 0.5) is 4.39 Å². The number of hydrogen-bond acceptors (Lipinski definition) is 2. The Kier molecular flexibility index (Phi) is 2.91. The number of aliphatic imine (C=N–C) groups is 1. The van der Waals surface area contributed by atoms with E-state index < -0.39 is 5.95 Å². The monoisotopic (exact) mass is 166 g/mol. The third kappa shape index (κ3) is 1.87. The first kappa shape index (κ1) is 8.84. The van der Waals surface area contributed by atoms with Crippen LogP contribution in [0.2, 0.25) is 0 Å². The third-order valence-corrected chi connectivity index (χ3v) is 1.59. The topological polar surface area (TPSA) is 25.2 Å². The van der Waals surface area contributed by atoms with Gasteiger partial charge < -0.3 is 0 Å². The number of hydrogen-bond donors (Lipinski definition) is 0. The van der Waals surface area contributed by atoms with Gasteiger partial charge in [0.05, 0.1) is 5.69 Å². The van der Waals surface area contributed by atoms with Crippen molar-refractivity contribution in [3.8, 4) is 0 Å². The Labute approximate surface area is 71.2 Å². The van der Waals surface area contributed by atoms with Gasteiger partial charge >= 0.3 is 0 Å². The molecule has 1 aromatic rings. The van der Waals surface area contributed by atoms with Crippen LogP contribution < -0.4 is 0 Å². The van der Waals surface area contributed by atoms with Crippen LogP contribution in [0.1, 0.15) is 18.2 Å². The number of nitrogens with zero attached hydrogens (tertiary/aromatic N) is 2. The molecule has 0 atom stereocenters. The van der Waals surface area contributed by atoms with Crippen LogP contribution in [0.5, 0.6) is 0 Å². The molecule has 0 radical (unpaired) electrons. The maximum Gasteiger partial charge on any atom is 0.216 e. The molecule has 2 nitrogen and oxygen atoms in total. The number of aromatic nitrogens is 1. The molecule has 1 rings (SSSR count). The average Bonchev–Trinajstić information content (AvgIpc) is 2.05. The molecule has 0 amide bonds. The van der Waals surface area contributed by atoms with Gasteiger partial charge in [0.15, 0.2) is 0 Å². The highest BCUT2D eigenvalue weighted by Gasteiger charge is 2.00. The maximum atomic E-state index is 13.0. The van der Waals surface area contributed by atoms with Gasteiger partial charge in [-0.25, -0.2) is 4.98 Å². The van der Waals surface area contributed by atoms with E-state index in [-0.39, 0.29) is 0 Å². The summed E-state index contributed by atoms with van der Waals surface area (Å²) in [5.41, 5.74) is 1.20. The van der Waals surface area contributed by atoms with Crippen LogP contribution in [0.3, 0.4) is 0 Å². The molecule has 0 bridgehead atoms. The second-order valence-corrected chi connectivity index (χ2v) is 2.43. The Morgan fingerprint density at radius 3 is 2.83 bits per heavy atom. The van der Waals surface area contributed by atoms with Crippen molar-refractivity contribution in [1.82, 2.24) is 4.98 Å². The first-order chi connectivity index (χ1) is 5.77. The number of rotatable bonds is 2. The van der Waals surface area contributed by atoms with E-state index in [1.807, 2.05) is 6.92 Å². The molecule has 64 valence electrons. The van der Waals surface area contributed by atoms with Gasteiger partial charge in [-0.2, -0.15) is 4.39 Å². The van der Waals surface area contributed by atoms with Crippen molar-refractivity contribution in [2.24, 2.45) is 4.99 Å². The number of halogens is 1. The summed E-state index contributed by atoms with van der Waals surface area (Å²) in [6, 6.07) is 3.49. The molecular weight excluding hydrogens is 155 g/mol. The smallest absolute Gasteiger partial charge is 0.216 e. The Balaban J connectivity index is 3.01. The second-order valence-electron chi connectivity index (χ2n) is 2.43. The van der Waals surface area contributed by atoms with E-state index in [0.717, 1.165) is 0 Å². The Morgan fingerprint density at radius 1 is 1.58 bits per heavy atom. The van der Waals surface area contributed by atoms with Crippen molar-refractivity contribution in [1.29, 1.82) is 0 Å². The van der Waals surface area contributed by atoms with Crippen LogP contribution in [-0.2, 0) is 6.42 Å². The van der Waals surface area contributed by atoms with Crippen molar-refractivity contribution < 1.29 is 4.39 Å². The molecule has 0 N–H and O–H groups in total. The standard InChI is InChI=1S/C9H11FN2/c1-3-7-4-5-8(6-11-2)12-9(7)10/h4-6H,3H2,1-2H3. The molecule has 0 unspecified atom stereocenters. The molecule has 12 heavy (non-hydrogen) atoms.